The summed E-state index contributed by atoms with van der Waals surface area (Å²) in [4.78, 5) is 9.57. The van der Waals surface area contributed by atoms with Gasteiger partial charge in [0.1, 0.15) is 0 Å². The predicted octanol–water partition coefficient (Wildman–Crippen LogP) is 7.65. The summed E-state index contributed by atoms with van der Waals surface area (Å²) in [6, 6.07) is 25.6. The van der Waals surface area contributed by atoms with E-state index in [-0.39, 0.29) is 38.2 Å². The average Bonchev–Trinajstić information content (AvgIpc) is 3.21. The Morgan fingerprint density at radius 3 is 2.31 bits per heavy atom. The Bertz CT molecular complexity index is 1940. The molecule has 0 spiro atoms. The molecule has 7 heteroatoms. The molecule has 0 N–H and O–H groups in total. The molecule has 1 aliphatic rings. The molecule has 0 fully saturated rings. The standard InChI is InChI=1S/C24H26NO2SSi.C11H8N.Ir/c1-16(2)12-18-14-21(25-15-24(18)29(3,4)5)17-10-11-23-20(13-17)19-8-6-7-9-22(19)28(23,26)27;1-2-6-10(7-3-1)11-8-4-5-9-12-11;/h6-9,11,13-16H,12H2,1-5H3;1-6,8-9H;/q2*-1;/i;1D,2D,3D;. The third kappa shape index (κ3) is 6.71. The second-order valence-corrected chi connectivity index (χ2v) is 18.4. The normalized spacial score (nSPS) is 13.9. The van der Waals surface area contributed by atoms with Gasteiger partial charge in [0.15, 0.2) is 9.84 Å². The molecule has 3 heterocycles. The van der Waals surface area contributed by atoms with E-state index in [4.69, 9.17) is 9.10 Å². The molecular weight excluding hydrogens is 733 g/mol. The molecule has 0 aliphatic carbocycles. The summed E-state index contributed by atoms with van der Waals surface area (Å²) in [7, 11) is -4.96. The van der Waals surface area contributed by atoms with E-state index in [9.17, 15) is 8.42 Å². The summed E-state index contributed by atoms with van der Waals surface area (Å²) < 4.78 is 48.0. The van der Waals surface area contributed by atoms with E-state index in [0.29, 0.717) is 27.0 Å². The van der Waals surface area contributed by atoms with Gasteiger partial charge in [0.05, 0.1) is 13.0 Å². The fraction of sp³-hybridized carbons (Fsp3) is 0.200. The van der Waals surface area contributed by atoms with Crippen LogP contribution in [-0.2, 0) is 36.4 Å². The second kappa shape index (κ2) is 13.0. The number of pyridine rings is 2. The maximum absolute atomic E-state index is 12.8. The molecule has 0 saturated carbocycles. The van der Waals surface area contributed by atoms with Gasteiger partial charge in [-0.05, 0) is 52.9 Å². The monoisotopic (exact) mass is 770 g/mol. The van der Waals surface area contributed by atoms with Crippen LogP contribution < -0.4 is 5.19 Å². The van der Waals surface area contributed by atoms with Crippen LogP contribution in [0.1, 0.15) is 23.5 Å². The fourth-order valence-corrected chi connectivity index (χ4v) is 8.19. The Morgan fingerprint density at radius 2 is 1.62 bits per heavy atom. The number of aromatic nitrogens is 2. The Kier molecular flexibility index (Phi) is 8.52. The quantitative estimate of drug-likeness (QED) is 0.134. The van der Waals surface area contributed by atoms with Crippen LogP contribution >= 0.6 is 0 Å². The van der Waals surface area contributed by atoms with Crippen LogP contribution in [0.5, 0.6) is 0 Å². The molecule has 1 radical (unpaired) electrons. The summed E-state index contributed by atoms with van der Waals surface area (Å²) >= 11 is 0. The molecule has 1 aliphatic heterocycles. The number of fused-ring (bicyclic) bond motifs is 3. The minimum absolute atomic E-state index is 0. The maximum atomic E-state index is 12.8. The maximum Gasteiger partial charge on any atom is 0.173 e. The van der Waals surface area contributed by atoms with Gasteiger partial charge < -0.3 is 9.97 Å². The zero-order valence-electron chi connectivity index (χ0n) is 27.2. The van der Waals surface area contributed by atoms with Crippen molar-refractivity contribution in [1.29, 1.82) is 0 Å². The zero-order chi connectivity index (χ0) is 31.8. The zero-order valence-corrected chi connectivity index (χ0v) is 28.5. The van der Waals surface area contributed by atoms with Gasteiger partial charge in [0.25, 0.3) is 0 Å². The van der Waals surface area contributed by atoms with Gasteiger partial charge in [0.2, 0.25) is 0 Å². The number of rotatable bonds is 5. The van der Waals surface area contributed by atoms with Crippen molar-refractivity contribution in [1.82, 2.24) is 9.97 Å². The van der Waals surface area contributed by atoms with E-state index in [0.717, 1.165) is 28.8 Å². The van der Waals surface area contributed by atoms with Crippen molar-refractivity contribution in [2.45, 2.75) is 49.7 Å². The molecule has 0 amide bonds. The number of hydrogen-bond donors (Lipinski definition) is 0. The Labute approximate surface area is 268 Å². The van der Waals surface area contributed by atoms with Crippen LogP contribution in [0.4, 0.5) is 0 Å². The van der Waals surface area contributed by atoms with Crippen LogP contribution in [0.25, 0.3) is 33.6 Å². The average molecular weight is 770 g/mol. The van der Waals surface area contributed by atoms with Gasteiger partial charge in [-0.2, -0.15) is 0 Å². The van der Waals surface area contributed by atoms with E-state index in [1.165, 1.54) is 16.8 Å². The van der Waals surface area contributed by atoms with Crippen molar-refractivity contribution in [3.05, 3.63) is 115 Å². The first kappa shape index (κ1) is 27.6. The number of nitrogens with zero attached hydrogens (tertiary/aromatic N) is 2. The van der Waals surface area contributed by atoms with Gasteiger partial charge in [0, 0.05) is 35.2 Å². The summed E-state index contributed by atoms with van der Waals surface area (Å²) in [6.07, 6.45) is 4.69. The topological polar surface area (TPSA) is 59.9 Å². The molecule has 217 valence electrons. The molecule has 0 saturated heterocycles. The third-order valence-corrected chi connectivity index (χ3v) is 10.8. The van der Waals surface area contributed by atoms with E-state index in [2.05, 4.69) is 56.7 Å². The molecule has 42 heavy (non-hydrogen) atoms. The van der Waals surface area contributed by atoms with Gasteiger partial charge in [-0.15, -0.1) is 59.6 Å². The van der Waals surface area contributed by atoms with Crippen LogP contribution in [0.2, 0.25) is 19.6 Å². The summed E-state index contributed by atoms with van der Waals surface area (Å²) in [5, 5.41) is 1.39. The van der Waals surface area contributed by atoms with Crippen LogP contribution in [0, 0.1) is 18.1 Å². The minimum atomic E-state index is -3.46. The smallest absolute Gasteiger partial charge is 0.173 e. The summed E-state index contributed by atoms with van der Waals surface area (Å²) in [5.41, 5.74) is 5.80. The molecule has 0 atom stereocenters. The Hall–Kier alpha value is -3.22. The van der Waals surface area contributed by atoms with Crippen molar-refractivity contribution in [3.63, 3.8) is 0 Å². The Morgan fingerprint density at radius 1 is 0.857 bits per heavy atom. The van der Waals surface area contributed by atoms with Crippen LogP contribution in [-0.4, -0.2) is 26.5 Å². The molecular formula is C35H34IrN2O2SSi-2. The predicted molar refractivity (Wildman–Crippen MR) is 169 cm³/mol. The first-order valence-electron chi connectivity index (χ1n) is 15.1. The SMILES string of the molecule is CC(C)Cc1cc(-c2[c-]cc3c(c2)-c2ccccc2S3(=O)=O)ncc1[Si](C)(C)C.[2H]c1[c-]c(-c2ccccn2)cc([2H])c1[2H].[Ir]. The van der Waals surface area contributed by atoms with E-state index in [1.54, 1.807) is 36.5 Å². The largest absolute Gasteiger partial charge is 0.305 e. The molecule has 3 aromatic carbocycles. The Balaban J connectivity index is 0.000000243. The molecule has 4 nitrogen and oxygen atoms in total. The van der Waals surface area contributed by atoms with Gasteiger partial charge in [-0.25, -0.2) is 8.42 Å². The van der Waals surface area contributed by atoms with Crippen molar-refractivity contribution >= 4 is 23.1 Å². The first-order chi connectivity index (χ1) is 20.8. The van der Waals surface area contributed by atoms with E-state index < -0.39 is 17.9 Å². The molecule has 5 aromatic rings. The minimum Gasteiger partial charge on any atom is -0.305 e. The first-order valence-corrected chi connectivity index (χ1v) is 18.6. The van der Waals surface area contributed by atoms with Gasteiger partial charge >= 0.3 is 0 Å². The number of hydrogen-bond acceptors (Lipinski definition) is 4. The third-order valence-electron chi connectivity index (χ3n) is 6.86. The molecule has 0 unspecified atom stereocenters. The summed E-state index contributed by atoms with van der Waals surface area (Å²) in [5.74, 6) is 0.557. The van der Waals surface area contributed by atoms with Crippen molar-refractivity contribution in [2.75, 3.05) is 0 Å². The van der Waals surface area contributed by atoms with Crippen molar-refractivity contribution < 1.29 is 32.6 Å². The van der Waals surface area contributed by atoms with Crippen molar-refractivity contribution in [2.24, 2.45) is 5.92 Å². The van der Waals surface area contributed by atoms with Gasteiger partial charge in [-0.1, -0.05) is 81.0 Å². The van der Waals surface area contributed by atoms with Crippen LogP contribution in [0.15, 0.2) is 107 Å². The number of sulfone groups is 1. The molecule has 6 rings (SSSR count). The second-order valence-electron chi connectivity index (χ2n) is 11.5. The van der Waals surface area contributed by atoms with Gasteiger partial charge in [-0.3, -0.25) is 0 Å². The van der Waals surface area contributed by atoms with E-state index >= 15 is 0 Å². The fourth-order valence-electron chi connectivity index (χ4n) is 4.97. The van der Waals surface area contributed by atoms with E-state index in [1.807, 2.05) is 30.5 Å². The number of benzene rings is 3. The molecule has 2 aromatic heterocycles. The van der Waals surface area contributed by atoms with Crippen molar-refractivity contribution in [3.8, 4) is 33.6 Å². The molecule has 0 bridgehead atoms. The van der Waals surface area contributed by atoms with Crippen LogP contribution in [0.3, 0.4) is 0 Å². The summed E-state index contributed by atoms with van der Waals surface area (Å²) in [6.45, 7) is 11.5.